The van der Waals surface area contributed by atoms with E-state index in [1.807, 2.05) is 26.2 Å². The highest BCUT2D eigenvalue weighted by atomic mass is 79.9. The highest BCUT2D eigenvalue weighted by Crippen LogP contribution is 2.38. The molecule has 276 valence electrons. The van der Waals surface area contributed by atoms with E-state index in [4.69, 9.17) is 0 Å². The van der Waals surface area contributed by atoms with Gasteiger partial charge in [0.05, 0.1) is 29.7 Å². The molecule has 0 radical (unpaired) electrons. The lowest BCUT2D eigenvalue weighted by molar-refractivity contribution is 0.556. The smallest absolute Gasteiger partial charge is 0.259 e. The Hall–Kier alpha value is -1.48. The summed E-state index contributed by atoms with van der Waals surface area (Å²) in [7, 11) is 3.70. The van der Waals surface area contributed by atoms with Crippen molar-refractivity contribution in [3.8, 4) is 20.9 Å². The van der Waals surface area contributed by atoms with Crippen molar-refractivity contribution in [2.75, 3.05) is 0 Å². The van der Waals surface area contributed by atoms with Crippen LogP contribution in [0.5, 0.6) is 0 Å². The molecule has 0 N–H and O–H groups in total. The SMILES string of the molecule is CCCCCCCCCCCCc1cc(Br)sc1-c1cc2c(cc(-c3sc(Br)cc3CCCCCCCCCCCC)c(=O)n2C)n(C)c1=O. The number of hydrogen-bond acceptors (Lipinski definition) is 4. The molecule has 4 aromatic heterocycles. The van der Waals surface area contributed by atoms with Crippen molar-refractivity contribution in [2.24, 2.45) is 14.1 Å². The predicted octanol–water partition coefficient (Wildman–Crippen LogP) is 14.1. The molecule has 0 unspecified atom stereocenters. The van der Waals surface area contributed by atoms with Crippen LogP contribution in [0.2, 0.25) is 0 Å². The van der Waals surface area contributed by atoms with Crippen LogP contribution in [0.4, 0.5) is 0 Å². The Morgan fingerprint density at radius 2 is 0.780 bits per heavy atom. The largest absolute Gasteiger partial charge is 0.309 e. The number of pyridine rings is 2. The molecule has 0 bridgehead atoms. The summed E-state index contributed by atoms with van der Waals surface area (Å²) in [5.41, 5.74) is 5.35. The predicted molar refractivity (Wildman–Crippen MR) is 228 cm³/mol. The van der Waals surface area contributed by atoms with Gasteiger partial charge in [-0.15, -0.1) is 22.7 Å². The number of rotatable bonds is 24. The molecule has 4 heterocycles. The van der Waals surface area contributed by atoms with Gasteiger partial charge in [0.2, 0.25) is 0 Å². The zero-order chi connectivity index (χ0) is 35.9. The Balaban J connectivity index is 1.45. The van der Waals surface area contributed by atoms with Gasteiger partial charge < -0.3 is 9.13 Å². The second kappa shape index (κ2) is 21.9. The van der Waals surface area contributed by atoms with Crippen molar-refractivity contribution in [1.29, 1.82) is 0 Å². The topological polar surface area (TPSA) is 44.0 Å². The first-order valence-electron chi connectivity index (χ1n) is 19.6. The molecule has 0 spiro atoms. The fourth-order valence-corrected chi connectivity index (χ4v) is 10.6. The van der Waals surface area contributed by atoms with Crippen LogP contribution in [-0.2, 0) is 26.9 Å². The molecule has 8 heteroatoms. The van der Waals surface area contributed by atoms with E-state index in [0.717, 1.165) is 54.0 Å². The Kier molecular flexibility index (Phi) is 18.1. The standard InChI is InChI=1S/C42H60Br2N2O2S2/c1-5-7-9-11-13-15-17-19-21-23-25-31-27-37(43)49-39(31)33-29-35-36(45(3)41(33)47)30-34(42(48)46(35)4)40-32(28-38(44)50-40)26-24-22-20-18-16-14-12-10-8-6-2/h27-30H,5-26H2,1-4H3. The van der Waals surface area contributed by atoms with Crippen LogP contribution in [0.25, 0.3) is 31.9 Å². The zero-order valence-electron chi connectivity index (χ0n) is 31.1. The number of aryl methyl sites for hydroxylation is 4. The van der Waals surface area contributed by atoms with Crippen molar-refractivity contribution in [3.05, 3.63) is 63.7 Å². The van der Waals surface area contributed by atoms with E-state index in [1.165, 1.54) is 127 Å². The first kappa shape index (κ1) is 41.3. The normalized spacial score (nSPS) is 11.7. The summed E-state index contributed by atoms with van der Waals surface area (Å²) >= 11 is 10.7. The minimum Gasteiger partial charge on any atom is -0.309 e. The number of hydrogen-bond donors (Lipinski definition) is 0. The van der Waals surface area contributed by atoms with Gasteiger partial charge in [-0.25, -0.2) is 0 Å². The fraction of sp³-hybridized carbons (Fsp3) is 0.619. The van der Waals surface area contributed by atoms with Crippen molar-refractivity contribution in [1.82, 2.24) is 9.13 Å². The average Bonchev–Trinajstić information content (AvgIpc) is 3.66. The Bertz CT molecular complexity index is 1620. The van der Waals surface area contributed by atoms with E-state index in [1.54, 1.807) is 31.8 Å². The van der Waals surface area contributed by atoms with Gasteiger partial charge in [0.1, 0.15) is 0 Å². The highest BCUT2D eigenvalue weighted by Gasteiger charge is 2.21. The summed E-state index contributed by atoms with van der Waals surface area (Å²) in [4.78, 5) is 30.0. The number of halogens is 2. The third-order valence-electron chi connectivity index (χ3n) is 10.3. The Morgan fingerprint density at radius 3 is 1.10 bits per heavy atom. The van der Waals surface area contributed by atoms with Crippen LogP contribution in [-0.4, -0.2) is 9.13 Å². The molecule has 4 rings (SSSR count). The third kappa shape index (κ3) is 11.8. The van der Waals surface area contributed by atoms with Gasteiger partial charge in [0, 0.05) is 23.8 Å². The first-order chi connectivity index (χ1) is 24.3. The monoisotopic (exact) mass is 846 g/mol. The van der Waals surface area contributed by atoms with Gasteiger partial charge in [0.25, 0.3) is 11.1 Å². The highest BCUT2D eigenvalue weighted by molar-refractivity contribution is 9.11. The second-order valence-corrected chi connectivity index (χ2v) is 19.2. The molecule has 0 saturated carbocycles. The number of fused-ring (bicyclic) bond motifs is 1. The minimum absolute atomic E-state index is 0.0151. The van der Waals surface area contributed by atoms with Crippen molar-refractivity contribution in [2.45, 2.75) is 155 Å². The summed E-state index contributed by atoms with van der Waals surface area (Å²) in [6.45, 7) is 4.54. The maximum absolute atomic E-state index is 14.0. The molecular formula is C42H60Br2N2O2S2. The van der Waals surface area contributed by atoms with E-state index in [0.29, 0.717) is 11.1 Å². The summed E-state index contributed by atoms with van der Waals surface area (Å²) in [6.07, 6.45) is 28.0. The number of nitrogens with zero attached hydrogens (tertiary/aromatic N) is 2. The van der Waals surface area contributed by atoms with Gasteiger partial charge in [0.15, 0.2) is 0 Å². The van der Waals surface area contributed by atoms with Gasteiger partial charge in [-0.05, 0) is 92.9 Å². The zero-order valence-corrected chi connectivity index (χ0v) is 36.0. The van der Waals surface area contributed by atoms with Gasteiger partial charge >= 0.3 is 0 Å². The van der Waals surface area contributed by atoms with E-state index >= 15 is 0 Å². The second-order valence-electron chi connectivity index (χ2n) is 14.3. The van der Waals surface area contributed by atoms with Crippen molar-refractivity contribution in [3.63, 3.8) is 0 Å². The van der Waals surface area contributed by atoms with E-state index < -0.39 is 0 Å². The van der Waals surface area contributed by atoms with Gasteiger partial charge in [-0.3, -0.25) is 9.59 Å². The number of aromatic nitrogens is 2. The Morgan fingerprint density at radius 1 is 0.480 bits per heavy atom. The summed E-state index contributed by atoms with van der Waals surface area (Å²) in [5.74, 6) is 0. The van der Waals surface area contributed by atoms with E-state index in [9.17, 15) is 9.59 Å². The maximum atomic E-state index is 14.0. The van der Waals surface area contributed by atoms with Crippen LogP contribution < -0.4 is 11.1 Å². The number of unbranched alkanes of at least 4 members (excludes halogenated alkanes) is 18. The summed E-state index contributed by atoms with van der Waals surface area (Å²) < 4.78 is 5.57. The van der Waals surface area contributed by atoms with Crippen LogP contribution in [0, 0.1) is 0 Å². The van der Waals surface area contributed by atoms with Crippen molar-refractivity contribution >= 4 is 65.6 Å². The molecule has 4 aromatic rings. The summed E-state index contributed by atoms with van der Waals surface area (Å²) in [5, 5.41) is 0. The molecular weight excluding hydrogens is 788 g/mol. The van der Waals surface area contributed by atoms with Crippen LogP contribution in [0.3, 0.4) is 0 Å². The lowest BCUT2D eigenvalue weighted by Crippen LogP contribution is -2.25. The molecule has 0 fully saturated rings. The Labute approximate surface area is 326 Å². The van der Waals surface area contributed by atoms with Crippen LogP contribution >= 0.6 is 54.5 Å². The average molecular weight is 849 g/mol. The van der Waals surface area contributed by atoms with E-state index in [-0.39, 0.29) is 11.1 Å². The minimum atomic E-state index is -0.0151. The van der Waals surface area contributed by atoms with Crippen LogP contribution in [0.1, 0.15) is 153 Å². The van der Waals surface area contributed by atoms with Crippen molar-refractivity contribution < 1.29 is 0 Å². The van der Waals surface area contributed by atoms with Crippen LogP contribution in [0.15, 0.2) is 41.4 Å². The lowest BCUT2D eigenvalue weighted by atomic mass is 10.0. The maximum Gasteiger partial charge on any atom is 0.259 e. The molecule has 0 atom stereocenters. The molecule has 0 aliphatic rings. The molecule has 0 saturated heterocycles. The van der Waals surface area contributed by atoms with Gasteiger partial charge in [-0.2, -0.15) is 0 Å². The third-order valence-corrected chi connectivity index (χ3v) is 13.7. The molecule has 0 amide bonds. The summed E-state index contributed by atoms with van der Waals surface area (Å²) in [6, 6.07) is 8.28. The quantitative estimate of drug-likeness (QED) is 0.0659. The lowest BCUT2D eigenvalue weighted by Gasteiger charge is -2.14. The molecule has 50 heavy (non-hydrogen) atoms. The fourth-order valence-electron chi connectivity index (χ4n) is 7.21. The van der Waals surface area contributed by atoms with Gasteiger partial charge in [-0.1, -0.05) is 129 Å². The molecule has 0 aliphatic heterocycles. The first-order valence-corrected chi connectivity index (χ1v) is 22.8. The molecule has 0 aliphatic carbocycles. The molecule has 0 aromatic carbocycles. The molecule has 4 nitrogen and oxygen atoms in total. The van der Waals surface area contributed by atoms with E-state index in [2.05, 4.69) is 57.8 Å². The number of thiophene rings is 2.